The number of benzene rings is 2. The van der Waals surface area contributed by atoms with Crippen molar-refractivity contribution in [2.24, 2.45) is 0 Å². The van der Waals surface area contributed by atoms with Gasteiger partial charge in [0.05, 0.1) is 0 Å². The van der Waals surface area contributed by atoms with Crippen molar-refractivity contribution in [2.75, 3.05) is 4.43 Å². The Morgan fingerprint density at radius 1 is 1.25 bits per heavy atom. The number of carbonyl (C=O) groups excluding carboxylic acids is 1. The maximum absolute atomic E-state index is 12.1. The van der Waals surface area contributed by atoms with Crippen molar-refractivity contribution in [1.82, 2.24) is 0 Å². The van der Waals surface area contributed by atoms with Gasteiger partial charge in [0.15, 0.2) is 0 Å². The Morgan fingerprint density at radius 2 is 1.95 bits per heavy atom. The van der Waals surface area contributed by atoms with Gasteiger partial charge in [0.25, 0.3) is 0 Å². The second-order valence-corrected chi connectivity index (χ2v) is 5.42. The van der Waals surface area contributed by atoms with Crippen molar-refractivity contribution in [2.45, 2.75) is 12.8 Å². The van der Waals surface area contributed by atoms with Crippen LogP contribution >= 0.6 is 22.6 Å². The number of aromatic hydroxyl groups is 1. The predicted molar refractivity (Wildman–Crippen MR) is 86.8 cm³/mol. The van der Waals surface area contributed by atoms with E-state index in [2.05, 4.69) is 29.5 Å². The van der Waals surface area contributed by atoms with E-state index in [0.717, 1.165) is 9.99 Å². The highest BCUT2D eigenvalue weighted by Gasteiger charge is 2.16. The number of phenolic OH excluding ortho intramolecular Hbond substituents is 1. The fourth-order valence-corrected chi connectivity index (χ4v) is 2.27. The fourth-order valence-electron chi connectivity index (χ4n) is 1.76. The number of phenols is 1. The molecule has 0 aliphatic rings. The summed E-state index contributed by atoms with van der Waals surface area (Å²) in [7, 11) is 0. The van der Waals surface area contributed by atoms with E-state index in [4.69, 9.17) is 4.74 Å². The minimum Gasteiger partial charge on any atom is -0.507 e. The van der Waals surface area contributed by atoms with Gasteiger partial charge in [-0.05, 0) is 35.7 Å². The number of halogens is 1. The maximum Gasteiger partial charge on any atom is 0.347 e. The van der Waals surface area contributed by atoms with Crippen LogP contribution in [-0.2, 0) is 0 Å². The minimum atomic E-state index is -0.545. The van der Waals surface area contributed by atoms with Crippen LogP contribution in [0.25, 0.3) is 0 Å². The molecule has 0 fully saturated rings. The number of ether oxygens (including phenoxy) is 1. The number of rotatable bonds is 4. The Kier molecular flexibility index (Phi) is 5.00. The number of para-hydroxylation sites is 1. The summed E-state index contributed by atoms with van der Waals surface area (Å²) in [5.74, 6) is 0.176. The van der Waals surface area contributed by atoms with E-state index in [1.54, 1.807) is 36.4 Å². The number of hydrogen-bond donors (Lipinski definition) is 1. The molecule has 1 unspecified atom stereocenters. The van der Waals surface area contributed by atoms with Crippen LogP contribution in [0.15, 0.2) is 48.5 Å². The van der Waals surface area contributed by atoms with Crippen LogP contribution in [0.2, 0.25) is 0 Å². The Balaban J connectivity index is 2.25. The van der Waals surface area contributed by atoms with Crippen LogP contribution in [-0.4, -0.2) is 15.5 Å². The van der Waals surface area contributed by atoms with E-state index in [1.165, 1.54) is 0 Å². The van der Waals surface area contributed by atoms with Crippen molar-refractivity contribution in [3.63, 3.8) is 0 Å². The third kappa shape index (κ3) is 3.50. The SMILES string of the molecule is CC(CI)c1ccc(O)c(C(=O)Oc2ccccc2)c1. The van der Waals surface area contributed by atoms with E-state index >= 15 is 0 Å². The molecule has 104 valence electrons. The lowest BCUT2D eigenvalue weighted by Crippen LogP contribution is -2.09. The van der Waals surface area contributed by atoms with Crippen molar-refractivity contribution >= 4 is 28.6 Å². The van der Waals surface area contributed by atoms with Gasteiger partial charge in [-0.15, -0.1) is 0 Å². The summed E-state index contributed by atoms with van der Waals surface area (Å²) in [4.78, 5) is 12.1. The average Bonchev–Trinajstić information content (AvgIpc) is 2.48. The molecule has 0 radical (unpaired) electrons. The third-order valence-corrected chi connectivity index (χ3v) is 4.32. The molecule has 0 saturated carbocycles. The van der Waals surface area contributed by atoms with Crippen LogP contribution in [0.5, 0.6) is 11.5 Å². The van der Waals surface area contributed by atoms with Crippen LogP contribution < -0.4 is 4.74 Å². The number of esters is 1. The summed E-state index contributed by atoms with van der Waals surface area (Å²) >= 11 is 2.29. The van der Waals surface area contributed by atoms with Gasteiger partial charge in [0, 0.05) is 4.43 Å². The lowest BCUT2D eigenvalue weighted by molar-refractivity contribution is 0.0731. The first-order valence-electron chi connectivity index (χ1n) is 6.28. The molecule has 3 nitrogen and oxygen atoms in total. The van der Waals surface area contributed by atoms with Gasteiger partial charge in [-0.3, -0.25) is 0 Å². The quantitative estimate of drug-likeness (QED) is 0.374. The van der Waals surface area contributed by atoms with Gasteiger partial charge < -0.3 is 9.84 Å². The van der Waals surface area contributed by atoms with Crippen LogP contribution in [0.3, 0.4) is 0 Å². The van der Waals surface area contributed by atoms with Crippen molar-refractivity contribution in [1.29, 1.82) is 0 Å². The summed E-state index contributed by atoms with van der Waals surface area (Å²) in [6.45, 7) is 2.07. The zero-order valence-electron chi connectivity index (χ0n) is 11.0. The van der Waals surface area contributed by atoms with Crippen LogP contribution in [0.1, 0.15) is 28.8 Å². The first-order chi connectivity index (χ1) is 9.61. The molecule has 0 amide bonds. The average molecular weight is 382 g/mol. The minimum absolute atomic E-state index is 0.0599. The molecule has 0 saturated heterocycles. The molecule has 0 heterocycles. The van der Waals surface area contributed by atoms with Gasteiger partial charge in [0.1, 0.15) is 17.1 Å². The largest absolute Gasteiger partial charge is 0.507 e. The molecule has 0 aromatic heterocycles. The lowest BCUT2D eigenvalue weighted by atomic mass is 10.0. The topological polar surface area (TPSA) is 46.5 Å². The molecule has 2 rings (SSSR count). The number of carbonyl (C=O) groups is 1. The molecular formula is C16H15IO3. The number of alkyl halides is 1. The summed E-state index contributed by atoms with van der Waals surface area (Å²) in [5.41, 5.74) is 1.21. The molecule has 0 spiro atoms. The smallest absolute Gasteiger partial charge is 0.347 e. The Hall–Kier alpha value is -1.56. The van der Waals surface area contributed by atoms with Gasteiger partial charge in [-0.1, -0.05) is 53.8 Å². The van der Waals surface area contributed by atoms with Gasteiger partial charge in [-0.25, -0.2) is 4.79 Å². The lowest BCUT2D eigenvalue weighted by Gasteiger charge is -2.11. The molecule has 4 heteroatoms. The standard InChI is InChI=1S/C16H15IO3/c1-11(10-17)12-7-8-15(18)14(9-12)16(19)20-13-5-3-2-4-6-13/h2-9,11,18H,10H2,1H3. The second-order valence-electron chi connectivity index (χ2n) is 4.53. The Labute approximate surface area is 131 Å². The molecule has 2 aromatic rings. The zero-order chi connectivity index (χ0) is 14.5. The molecule has 2 aromatic carbocycles. The second kappa shape index (κ2) is 6.74. The van der Waals surface area contributed by atoms with Crippen molar-refractivity contribution in [3.05, 3.63) is 59.7 Å². The summed E-state index contributed by atoms with van der Waals surface area (Å²) in [5, 5.41) is 9.84. The van der Waals surface area contributed by atoms with Crippen LogP contribution in [0, 0.1) is 0 Å². The van der Waals surface area contributed by atoms with E-state index in [-0.39, 0.29) is 11.3 Å². The third-order valence-electron chi connectivity index (χ3n) is 2.99. The Bertz CT molecular complexity index is 596. The van der Waals surface area contributed by atoms with E-state index < -0.39 is 5.97 Å². The highest BCUT2D eigenvalue weighted by molar-refractivity contribution is 14.1. The molecule has 0 aliphatic heterocycles. The van der Waals surface area contributed by atoms with Crippen molar-refractivity contribution < 1.29 is 14.6 Å². The van der Waals surface area contributed by atoms with Gasteiger partial charge >= 0.3 is 5.97 Å². The molecule has 20 heavy (non-hydrogen) atoms. The molecule has 0 bridgehead atoms. The monoisotopic (exact) mass is 382 g/mol. The zero-order valence-corrected chi connectivity index (χ0v) is 13.2. The molecular weight excluding hydrogens is 367 g/mol. The van der Waals surface area contributed by atoms with Gasteiger partial charge in [0.2, 0.25) is 0 Å². The van der Waals surface area contributed by atoms with E-state index in [1.807, 2.05) is 12.1 Å². The van der Waals surface area contributed by atoms with E-state index in [0.29, 0.717) is 11.7 Å². The first-order valence-corrected chi connectivity index (χ1v) is 7.80. The summed E-state index contributed by atoms with van der Waals surface area (Å²) in [6.07, 6.45) is 0. The highest BCUT2D eigenvalue weighted by Crippen LogP contribution is 2.25. The highest BCUT2D eigenvalue weighted by atomic mass is 127. The van der Waals surface area contributed by atoms with E-state index in [9.17, 15) is 9.90 Å². The maximum atomic E-state index is 12.1. The molecule has 1 N–H and O–H groups in total. The molecule has 0 aliphatic carbocycles. The Morgan fingerprint density at radius 3 is 2.60 bits per heavy atom. The number of hydrogen-bond acceptors (Lipinski definition) is 3. The molecule has 1 atom stereocenters. The summed E-state index contributed by atoms with van der Waals surface area (Å²) in [6, 6.07) is 13.9. The normalized spacial score (nSPS) is 11.9. The van der Waals surface area contributed by atoms with Crippen LogP contribution in [0.4, 0.5) is 0 Å². The fraction of sp³-hybridized carbons (Fsp3) is 0.188. The summed E-state index contributed by atoms with van der Waals surface area (Å²) < 4.78 is 6.19. The first kappa shape index (κ1) is 14.8. The predicted octanol–water partition coefficient (Wildman–Crippen LogP) is 4.15. The van der Waals surface area contributed by atoms with Gasteiger partial charge in [-0.2, -0.15) is 0 Å². The van der Waals surface area contributed by atoms with Crippen molar-refractivity contribution in [3.8, 4) is 11.5 Å².